The standard InChI is InChI=1S/C15H23N3/c1-2-14-11-17-8-4-6-15(17)12-18(14)10-13-5-3-7-16-9-13/h3,5,7,9,14-15H,2,4,6,8,10-12H2,1H3. The first-order valence-corrected chi connectivity index (χ1v) is 7.24. The van der Waals surface area contributed by atoms with Crippen LogP contribution in [0.1, 0.15) is 31.7 Å². The van der Waals surface area contributed by atoms with Crippen LogP contribution in [0.5, 0.6) is 0 Å². The SMILES string of the molecule is CCC1CN2CCCC2CN1Cc1cccnc1. The van der Waals surface area contributed by atoms with Gasteiger partial charge in [-0.15, -0.1) is 0 Å². The topological polar surface area (TPSA) is 19.4 Å². The van der Waals surface area contributed by atoms with Crippen LogP contribution in [0.2, 0.25) is 0 Å². The van der Waals surface area contributed by atoms with E-state index in [1.165, 1.54) is 44.5 Å². The van der Waals surface area contributed by atoms with E-state index in [0.717, 1.165) is 18.6 Å². The summed E-state index contributed by atoms with van der Waals surface area (Å²) in [4.78, 5) is 9.60. The monoisotopic (exact) mass is 245 g/mol. The molecule has 98 valence electrons. The highest BCUT2D eigenvalue weighted by molar-refractivity contribution is 5.09. The second-order valence-corrected chi connectivity index (χ2v) is 5.64. The molecule has 0 aliphatic carbocycles. The lowest BCUT2D eigenvalue weighted by atomic mass is 10.0. The van der Waals surface area contributed by atoms with Gasteiger partial charge < -0.3 is 0 Å². The molecule has 0 N–H and O–H groups in total. The van der Waals surface area contributed by atoms with Gasteiger partial charge >= 0.3 is 0 Å². The van der Waals surface area contributed by atoms with Crippen molar-refractivity contribution >= 4 is 0 Å². The molecule has 1 aromatic rings. The number of hydrogen-bond donors (Lipinski definition) is 0. The molecule has 2 aliphatic heterocycles. The van der Waals surface area contributed by atoms with Gasteiger partial charge in [0, 0.05) is 44.1 Å². The average Bonchev–Trinajstić information content (AvgIpc) is 2.86. The van der Waals surface area contributed by atoms with Crippen LogP contribution in [-0.2, 0) is 6.54 Å². The lowest BCUT2D eigenvalue weighted by molar-refractivity contribution is 0.0436. The van der Waals surface area contributed by atoms with E-state index >= 15 is 0 Å². The van der Waals surface area contributed by atoms with Gasteiger partial charge in [0.05, 0.1) is 0 Å². The maximum absolute atomic E-state index is 4.23. The van der Waals surface area contributed by atoms with Gasteiger partial charge in [-0.3, -0.25) is 14.8 Å². The smallest absolute Gasteiger partial charge is 0.0312 e. The predicted octanol–water partition coefficient (Wildman–Crippen LogP) is 2.14. The van der Waals surface area contributed by atoms with E-state index < -0.39 is 0 Å². The normalized spacial score (nSPS) is 29.4. The number of pyridine rings is 1. The highest BCUT2D eigenvalue weighted by Gasteiger charge is 2.35. The van der Waals surface area contributed by atoms with Crippen molar-refractivity contribution in [1.82, 2.24) is 14.8 Å². The van der Waals surface area contributed by atoms with E-state index in [1.807, 2.05) is 18.5 Å². The Morgan fingerprint density at radius 3 is 3.11 bits per heavy atom. The first kappa shape index (κ1) is 12.1. The Kier molecular flexibility index (Phi) is 3.62. The Morgan fingerprint density at radius 1 is 1.39 bits per heavy atom. The van der Waals surface area contributed by atoms with Gasteiger partial charge in [0.25, 0.3) is 0 Å². The number of fused-ring (bicyclic) bond motifs is 1. The zero-order valence-electron chi connectivity index (χ0n) is 11.3. The summed E-state index contributed by atoms with van der Waals surface area (Å²) < 4.78 is 0. The van der Waals surface area contributed by atoms with Crippen molar-refractivity contribution in [3.05, 3.63) is 30.1 Å². The van der Waals surface area contributed by atoms with Gasteiger partial charge in [0.1, 0.15) is 0 Å². The molecule has 3 heterocycles. The third kappa shape index (κ3) is 2.43. The fourth-order valence-electron chi connectivity index (χ4n) is 3.46. The predicted molar refractivity (Wildman–Crippen MR) is 73.3 cm³/mol. The minimum Gasteiger partial charge on any atom is -0.298 e. The molecule has 0 bridgehead atoms. The Balaban J connectivity index is 1.69. The second-order valence-electron chi connectivity index (χ2n) is 5.64. The quantitative estimate of drug-likeness (QED) is 0.813. The van der Waals surface area contributed by atoms with Crippen LogP contribution in [0.4, 0.5) is 0 Å². The molecule has 3 heteroatoms. The van der Waals surface area contributed by atoms with Crippen LogP contribution in [0.15, 0.2) is 24.5 Å². The maximum atomic E-state index is 4.23. The van der Waals surface area contributed by atoms with Crippen molar-refractivity contribution in [3.8, 4) is 0 Å². The first-order chi connectivity index (χ1) is 8.86. The summed E-state index contributed by atoms with van der Waals surface area (Å²) in [6.45, 7) is 7.21. The highest BCUT2D eigenvalue weighted by atomic mass is 15.3. The van der Waals surface area contributed by atoms with E-state index in [2.05, 4.69) is 27.8 Å². The number of nitrogens with zero attached hydrogens (tertiary/aromatic N) is 3. The van der Waals surface area contributed by atoms with E-state index in [-0.39, 0.29) is 0 Å². The molecule has 1 aromatic heterocycles. The minimum atomic E-state index is 0.722. The number of hydrogen-bond acceptors (Lipinski definition) is 3. The van der Waals surface area contributed by atoms with Crippen LogP contribution in [0.25, 0.3) is 0 Å². The molecule has 0 aromatic carbocycles. The molecule has 2 unspecified atom stereocenters. The van der Waals surface area contributed by atoms with Crippen molar-refractivity contribution in [2.24, 2.45) is 0 Å². The van der Waals surface area contributed by atoms with Crippen LogP contribution in [0, 0.1) is 0 Å². The largest absolute Gasteiger partial charge is 0.298 e. The summed E-state index contributed by atoms with van der Waals surface area (Å²) in [5.41, 5.74) is 1.35. The first-order valence-electron chi connectivity index (χ1n) is 7.24. The number of aromatic nitrogens is 1. The average molecular weight is 245 g/mol. The third-order valence-corrected chi connectivity index (χ3v) is 4.49. The molecule has 18 heavy (non-hydrogen) atoms. The molecule has 0 amide bonds. The number of piperazine rings is 1. The fraction of sp³-hybridized carbons (Fsp3) is 0.667. The van der Waals surface area contributed by atoms with E-state index in [0.29, 0.717) is 0 Å². The molecule has 0 saturated carbocycles. The minimum absolute atomic E-state index is 0.722. The summed E-state index contributed by atoms with van der Waals surface area (Å²) in [7, 11) is 0. The lowest BCUT2D eigenvalue weighted by Gasteiger charge is -2.43. The van der Waals surface area contributed by atoms with Crippen LogP contribution < -0.4 is 0 Å². The summed E-state index contributed by atoms with van der Waals surface area (Å²) in [6, 6.07) is 5.77. The van der Waals surface area contributed by atoms with Crippen molar-refractivity contribution in [2.45, 2.75) is 44.8 Å². The van der Waals surface area contributed by atoms with Crippen molar-refractivity contribution in [1.29, 1.82) is 0 Å². The molecule has 2 saturated heterocycles. The van der Waals surface area contributed by atoms with Gasteiger partial charge in [-0.05, 0) is 37.4 Å². The van der Waals surface area contributed by atoms with Crippen molar-refractivity contribution in [2.75, 3.05) is 19.6 Å². The van der Waals surface area contributed by atoms with Crippen LogP contribution in [0.3, 0.4) is 0 Å². The molecule has 2 aliphatic rings. The summed E-state index contributed by atoms with van der Waals surface area (Å²) >= 11 is 0. The Morgan fingerprint density at radius 2 is 2.33 bits per heavy atom. The molecule has 0 radical (unpaired) electrons. The molecular weight excluding hydrogens is 222 g/mol. The van der Waals surface area contributed by atoms with Gasteiger partial charge in [0.2, 0.25) is 0 Å². The highest BCUT2D eigenvalue weighted by Crippen LogP contribution is 2.26. The molecule has 3 nitrogen and oxygen atoms in total. The Hall–Kier alpha value is -0.930. The molecular formula is C15H23N3. The maximum Gasteiger partial charge on any atom is 0.0312 e. The van der Waals surface area contributed by atoms with Crippen LogP contribution in [-0.4, -0.2) is 46.5 Å². The van der Waals surface area contributed by atoms with Crippen molar-refractivity contribution in [3.63, 3.8) is 0 Å². The van der Waals surface area contributed by atoms with E-state index in [4.69, 9.17) is 0 Å². The lowest BCUT2D eigenvalue weighted by Crippen LogP contribution is -2.55. The van der Waals surface area contributed by atoms with Gasteiger partial charge in [-0.25, -0.2) is 0 Å². The van der Waals surface area contributed by atoms with Crippen LogP contribution >= 0.6 is 0 Å². The number of rotatable bonds is 3. The Labute approximate surface area is 110 Å². The summed E-state index contributed by atoms with van der Waals surface area (Å²) in [5, 5.41) is 0. The zero-order valence-corrected chi connectivity index (χ0v) is 11.3. The van der Waals surface area contributed by atoms with E-state index in [1.54, 1.807) is 0 Å². The summed E-state index contributed by atoms with van der Waals surface area (Å²) in [5.74, 6) is 0. The summed E-state index contributed by atoms with van der Waals surface area (Å²) in [6.07, 6.45) is 7.90. The molecule has 2 fully saturated rings. The zero-order chi connectivity index (χ0) is 12.4. The molecule has 0 spiro atoms. The molecule has 2 atom stereocenters. The third-order valence-electron chi connectivity index (χ3n) is 4.49. The van der Waals surface area contributed by atoms with Gasteiger partial charge in [-0.1, -0.05) is 13.0 Å². The second kappa shape index (κ2) is 5.37. The van der Waals surface area contributed by atoms with Crippen molar-refractivity contribution < 1.29 is 0 Å². The Bertz CT molecular complexity index is 379. The van der Waals surface area contributed by atoms with Gasteiger partial charge in [0.15, 0.2) is 0 Å². The van der Waals surface area contributed by atoms with Gasteiger partial charge in [-0.2, -0.15) is 0 Å². The van der Waals surface area contributed by atoms with E-state index in [9.17, 15) is 0 Å². The molecule has 3 rings (SSSR count). The fourth-order valence-corrected chi connectivity index (χ4v) is 3.46.